The monoisotopic (exact) mass is 264 g/mol. The van der Waals surface area contributed by atoms with Gasteiger partial charge in [-0.2, -0.15) is 0 Å². The van der Waals surface area contributed by atoms with E-state index in [0.29, 0.717) is 25.2 Å². The van der Waals surface area contributed by atoms with Crippen molar-refractivity contribution < 1.29 is 9.84 Å². The number of nitrogens with zero attached hydrogens (tertiary/aromatic N) is 3. The number of aliphatic hydroxyl groups excluding tert-OH is 1. The van der Waals surface area contributed by atoms with E-state index in [1.54, 1.807) is 0 Å². The van der Waals surface area contributed by atoms with Crippen LogP contribution in [0.5, 0.6) is 0 Å². The SMILES string of the molecule is OCC1COCCN1c1ncc(CNC2CC2)cn1. The summed E-state index contributed by atoms with van der Waals surface area (Å²) in [5.74, 6) is 0.678. The van der Waals surface area contributed by atoms with Crippen LogP contribution in [0.3, 0.4) is 0 Å². The third-order valence-corrected chi connectivity index (χ3v) is 3.56. The average Bonchev–Trinajstić information content (AvgIpc) is 3.30. The van der Waals surface area contributed by atoms with Crippen molar-refractivity contribution in [2.24, 2.45) is 0 Å². The van der Waals surface area contributed by atoms with Gasteiger partial charge in [-0.3, -0.25) is 0 Å². The number of hydrogen-bond acceptors (Lipinski definition) is 6. The van der Waals surface area contributed by atoms with Crippen LogP contribution in [-0.4, -0.2) is 53.5 Å². The molecular formula is C13H20N4O2. The summed E-state index contributed by atoms with van der Waals surface area (Å²) >= 11 is 0. The van der Waals surface area contributed by atoms with Crippen molar-refractivity contribution in [3.05, 3.63) is 18.0 Å². The number of morpholine rings is 1. The first-order chi connectivity index (χ1) is 9.36. The van der Waals surface area contributed by atoms with E-state index in [9.17, 15) is 5.11 Å². The lowest BCUT2D eigenvalue weighted by atomic mass is 10.2. The van der Waals surface area contributed by atoms with Crippen molar-refractivity contribution in [3.8, 4) is 0 Å². The Morgan fingerprint density at radius 3 is 2.84 bits per heavy atom. The van der Waals surface area contributed by atoms with Crippen LogP contribution in [0.25, 0.3) is 0 Å². The maximum Gasteiger partial charge on any atom is 0.225 e. The van der Waals surface area contributed by atoms with E-state index in [4.69, 9.17) is 4.74 Å². The molecule has 1 unspecified atom stereocenters. The zero-order valence-corrected chi connectivity index (χ0v) is 11.0. The molecule has 1 saturated carbocycles. The van der Waals surface area contributed by atoms with E-state index in [1.165, 1.54) is 12.8 Å². The second-order valence-corrected chi connectivity index (χ2v) is 5.15. The number of ether oxygens (including phenoxy) is 1. The summed E-state index contributed by atoms with van der Waals surface area (Å²) in [5.41, 5.74) is 1.10. The van der Waals surface area contributed by atoms with Gasteiger partial charge < -0.3 is 20.1 Å². The Hall–Kier alpha value is -1.24. The van der Waals surface area contributed by atoms with Crippen molar-refractivity contribution in [1.82, 2.24) is 15.3 Å². The number of aromatic nitrogens is 2. The molecule has 0 radical (unpaired) electrons. The van der Waals surface area contributed by atoms with Gasteiger partial charge in [0.1, 0.15) is 0 Å². The second-order valence-electron chi connectivity index (χ2n) is 5.15. The standard InChI is InChI=1S/C13H20N4O2/c18-8-12-9-19-4-3-17(12)13-15-6-10(7-16-13)5-14-11-1-2-11/h6-7,11-12,14,18H,1-5,8-9H2. The molecule has 1 aliphatic heterocycles. The fourth-order valence-corrected chi connectivity index (χ4v) is 2.21. The number of aliphatic hydroxyl groups is 1. The molecule has 2 fully saturated rings. The van der Waals surface area contributed by atoms with Gasteiger partial charge in [-0.15, -0.1) is 0 Å². The topological polar surface area (TPSA) is 70.5 Å². The van der Waals surface area contributed by atoms with Gasteiger partial charge >= 0.3 is 0 Å². The van der Waals surface area contributed by atoms with Crippen molar-refractivity contribution in [2.45, 2.75) is 31.5 Å². The molecular weight excluding hydrogens is 244 g/mol. The Labute approximate surface area is 112 Å². The quantitative estimate of drug-likeness (QED) is 0.775. The summed E-state index contributed by atoms with van der Waals surface area (Å²) < 4.78 is 5.35. The van der Waals surface area contributed by atoms with Crippen molar-refractivity contribution in [2.75, 3.05) is 31.3 Å². The van der Waals surface area contributed by atoms with E-state index < -0.39 is 0 Å². The highest BCUT2D eigenvalue weighted by Gasteiger charge is 2.24. The summed E-state index contributed by atoms with van der Waals surface area (Å²) in [5, 5.41) is 12.8. The van der Waals surface area contributed by atoms with Crippen LogP contribution < -0.4 is 10.2 Å². The van der Waals surface area contributed by atoms with Gasteiger partial charge in [0.05, 0.1) is 25.9 Å². The summed E-state index contributed by atoms with van der Waals surface area (Å²) in [6.45, 7) is 2.81. The highest BCUT2D eigenvalue weighted by molar-refractivity contribution is 5.32. The molecule has 1 aromatic heterocycles. The minimum absolute atomic E-state index is 0.0378. The summed E-state index contributed by atoms with van der Waals surface area (Å²) in [4.78, 5) is 10.8. The van der Waals surface area contributed by atoms with Crippen LogP contribution in [0.2, 0.25) is 0 Å². The Morgan fingerprint density at radius 2 is 2.16 bits per heavy atom. The Kier molecular flexibility index (Phi) is 3.91. The molecule has 3 rings (SSSR count). The van der Waals surface area contributed by atoms with Crippen LogP contribution in [0.1, 0.15) is 18.4 Å². The van der Waals surface area contributed by atoms with E-state index in [2.05, 4.69) is 15.3 Å². The molecule has 6 nitrogen and oxygen atoms in total. The Bertz CT molecular complexity index is 408. The molecule has 1 saturated heterocycles. The number of nitrogens with one attached hydrogen (secondary N) is 1. The summed E-state index contributed by atoms with van der Waals surface area (Å²) in [6.07, 6.45) is 6.29. The highest BCUT2D eigenvalue weighted by atomic mass is 16.5. The van der Waals surface area contributed by atoms with Gasteiger partial charge in [0.25, 0.3) is 0 Å². The van der Waals surface area contributed by atoms with E-state index in [-0.39, 0.29) is 12.6 Å². The van der Waals surface area contributed by atoms with Gasteiger partial charge in [0.2, 0.25) is 5.95 Å². The Balaban J connectivity index is 1.62. The van der Waals surface area contributed by atoms with Crippen molar-refractivity contribution in [3.63, 3.8) is 0 Å². The van der Waals surface area contributed by atoms with Crippen LogP contribution in [0.4, 0.5) is 5.95 Å². The van der Waals surface area contributed by atoms with Crippen molar-refractivity contribution >= 4 is 5.95 Å². The first kappa shape index (κ1) is 12.8. The lowest BCUT2D eigenvalue weighted by Crippen LogP contribution is -2.48. The number of rotatable bonds is 5. The largest absolute Gasteiger partial charge is 0.394 e. The summed E-state index contributed by atoms with van der Waals surface area (Å²) in [6, 6.07) is 0.655. The molecule has 6 heteroatoms. The minimum atomic E-state index is -0.0378. The maximum atomic E-state index is 9.34. The lowest BCUT2D eigenvalue weighted by molar-refractivity contribution is 0.0718. The average molecular weight is 264 g/mol. The third-order valence-electron chi connectivity index (χ3n) is 3.56. The van der Waals surface area contributed by atoms with Crippen molar-refractivity contribution in [1.29, 1.82) is 0 Å². The fourth-order valence-electron chi connectivity index (χ4n) is 2.21. The van der Waals surface area contributed by atoms with Crippen LogP contribution in [0, 0.1) is 0 Å². The molecule has 0 amide bonds. The highest BCUT2D eigenvalue weighted by Crippen LogP contribution is 2.19. The molecule has 2 aliphatic rings. The van der Waals surface area contributed by atoms with Gasteiger partial charge in [0, 0.05) is 37.1 Å². The van der Waals surface area contributed by atoms with Gasteiger partial charge in [-0.25, -0.2) is 9.97 Å². The van der Waals surface area contributed by atoms with Crippen LogP contribution in [0.15, 0.2) is 12.4 Å². The molecule has 104 valence electrons. The van der Waals surface area contributed by atoms with Gasteiger partial charge in [-0.05, 0) is 12.8 Å². The molecule has 19 heavy (non-hydrogen) atoms. The first-order valence-electron chi connectivity index (χ1n) is 6.86. The number of anilines is 1. The molecule has 2 N–H and O–H groups in total. The van der Waals surface area contributed by atoms with Gasteiger partial charge in [0.15, 0.2) is 0 Å². The molecule has 0 bridgehead atoms. The Morgan fingerprint density at radius 1 is 1.37 bits per heavy atom. The van der Waals surface area contributed by atoms with Crippen LogP contribution in [-0.2, 0) is 11.3 Å². The second kappa shape index (κ2) is 5.81. The van der Waals surface area contributed by atoms with E-state index in [1.807, 2.05) is 17.3 Å². The van der Waals surface area contributed by atoms with Gasteiger partial charge in [-0.1, -0.05) is 0 Å². The maximum absolute atomic E-state index is 9.34. The predicted octanol–water partition coefficient (Wildman–Crippen LogP) is -0.0739. The van der Waals surface area contributed by atoms with Crippen LogP contribution >= 0.6 is 0 Å². The molecule has 0 aromatic carbocycles. The number of hydrogen-bond donors (Lipinski definition) is 2. The minimum Gasteiger partial charge on any atom is -0.394 e. The molecule has 1 aromatic rings. The van der Waals surface area contributed by atoms with E-state index in [0.717, 1.165) is 18.7 Å². The zero-order valence-electron chi connectivity index (χ0n) is 11.0. The third kappa shape index (κ3) is 3.20. The van der Waals surface area contributed by atoms with E-state index >= 15 is 0 Å². The predicted molar refractivity (Wildman–Crippen MR) is 70.9 cm³/mol. The molecule has 1 aliphatic carbocycles. The summed E-state index contributed by atoms with van der Waals surface area (Å²) in [7, 11) is 0. The molecule has 1 atom stereocenters. The molecule has 0 spiro atoms. The fraction of sp³-hybridized carbons (Fsp3) is 0.692. The lowest BCUT2D eigenvalue weighted by Gasteiger charge is -2.34. The first-order valence-corrected chi connectivity index (χ1v) is 6.86. The zero-order chi connectivity index (χ0) is 13.1. The normalized spacial score (nSPS) is 23.6. The smallest absolute Gasteiger partial charge is 0.225 e. The molecule has 2 heterocycles.